The molecule has 0 N–H and O–H groups in total. The SMILES string of the molecule is COCCN(CCC(C)CCBr)C(C)C. The van der Waals surface area contributed by atoms with Crippen LogP contribution in [0.25, 0.3) is 0 Å². The van der Waals surface area contributed by atoms with E-state index in [2.05, 4.69) is 41.6 Å². The summed E-state index contributed by atoms with van der Waals surface area (Å²) in [6.45, 7) is 9.92. The van der Waals surface area contributed by atoms with E-state index in [1.54, 1.807) is 7.11 Å². The van der Waals surface area contributed by atoms with Crippen molar-refractivity contribution in [3.8, 4) is 0 Å². The minimum atomic E-state index is 0.622. The zero-order valence-electron chi connectivity index (χ0n) is 10.6. The zero-order valence-corrected chi connectivity index (χ0v) is 12.2. The van der Waals surface area contributed by atoms with Crippen molar-refractivity contribution in [3.63, 3.8) is 0 Å². The quantitative estimate of drug-likeness (QED) is 0.602. The molecule has 0 aromatic carbocycles. The normalized spacial score (nSPS) is 13.8. The fourth-order valence-electron chi connectivity index (χ4n) is 1.55. The summed E-state index contributed by atoms with van der Waals surface area (Å²) < 4.78 is 5.13. The van der Waals surface area contributed by atoms with Gasteiger partial charge in [0, 0.05) is 25.0 Å². The summed E-state index contributed by atoms with van der Waals surface area (Å²) in [6, 6.07) is 0.622. The van der Waals surface area contributed by atoms with Crippen molar-refractivity contribution in [1.29, 1.82) is 0 Å². The number of hydrogen-bond acceptors (Lipinski definition) is 2. The van der Waals surface area contributed by atoms with E-state index in [1.165, 1.54) is 19.4 Å². The minimum absolute atomic E-state index is 0.622. The summed E-state index contributed by atoms with van der Waals surface area (Å²) in [5.41, 5.74) is 0. The Kier molecular flexibility index (Phi) is 9.87. The molecule has 0 aliphatic heterocycles. The molecular weight excluding hydrogens is 254 g/mol. The highest BCUT2D eigenvalue weighted by molar-refractivity contribution is 9.09. The molecule has 0 saturated heterocycles. The number of ether oxygens (including phenoxy) is 1. The van der Waals surface area contributed by atoms with E-state index in [4.69, 9.17) is 4.74 Å². The Balaban J connectivity index is 3.74. The summed E-state index contributed by atoms with van der Waals surface area (Å²) in [6.07, 6.45) is 2.56. The molecule has 0 bridgehead atoms. The van der Waals surface area contributed by atoms with E-state index in [9.17, 15) is 0 Å². The van der Waals surface area contributed by atoms with Crippen molar-refractivity contribution in [2.45, 2.75) is 39.7 Å². The van der Waals surface area contributed by atoms with Gasteiger partial charge in [0.05, 0.1) is 6.61 Å². The highest BCUT2D eigenvalue weighted by Gasteiger charge is 2.10. The predicted molar refractivity (Wildman–Crippen MR) is 70.8 cm³/mol. The molecular formula is C12H26BrNO. The number of hydrogen-bond donors (Lipinski definition) is 0. The Hall–Kier alpha value is 0.400. The Morgan fingerprint density at radius 3 is 2.27 bits per heavy atom. The average molecular weight is 280 g/mol. The van der Waals surface area contributed by atoms with Crippen LogP contribution in [0, 0.1) is 5.92 Å². The maximum atomic E-state index is 5.13. The zero-order chi connectivity index (χ0) is 11.7. The van der Waals surface area contributed by atoms with E-state index >= 15 is 0 Å². The molecule has 0 spiro atoms. The molecule has 0 radical (unpaired) electrons. The van der Waals surface area contributed by atoms with Crippen LogP contribution >= 0.6 is 15.9 Å². The number of alkyl halides is 1. The van der Waals surface area contributed by atoms with Crippen LogP contribution in [-0.2, 0) is 4.74 Å². The van der Waals surface area contributed by atoms with Crippen LogP contribution in [0.15, 0.2) is 0 Å². The van der Waals surface area contributed by atoms with Gasteiger partial charge in [-0.3, -0.25) is 4.90 Å². The first kappa shape index (κ1) is 15.4. The lowest BCUT2D eigenvalue weighted by atomic mass is 10.0. The van der Waals surface area contributed by atoms with E-state index in [0.29, 0.717) is 6.04 Å². The number of halogens is 1. The van der Waals surface area contributed by atoms with E-state index < -0.39 is 0 Å². The lowest BCUT2D eigenvalue weighted by Gasteiger charge is -2.27. The Labute approximate surface area is 103 Å². The second-order valence-corrected chi connectivity index (χ2v) is 5.29. The first-order valence-corrected chi connectivity index (χ1v) is 7.02. The van der Waals surface area contributed by atoms with Gasteiger partial charge in [-0.2, -0.15) is 0 Å². The van der Waals surface area contributed by atoms with Crippen LogP contribution in [-0.4, -0.2) is 43.1 Å². The largest absolute Gasteiger partial charge is 0.383 e. The van der Waals surface area contributed by atoms with E-state index in [1.807, 2.05) is 0 Å². The Morgan fingerprint density at radius 1 is 1.13 bits per heavy atom. The Bertz CT molecular complexity index is 142. The van der Waals surface area contributed by atoms with Crippen LogP contribution < -0.4 is 0 Å². The van der Waals surface area contributed by atoms with Crippen LogP contribution in [0.5, 0.6) is 0 Å². The predicted octanol–water partition coefficient (Wildman–Crippen LogP) is 3.15. The van der Waals surface area contributed by atoms with E-state index in [0.717, 1.165) is 24.4 Å². The lowest BCUT2D eigenvalue weighted by molar-refractivity contribution is 0.125. The minimum Gasteiger partial charge on any atom is -0.383 e. The van der Waals surface area contributed by atoms with Gasteiger partial charge in [0.25, 0.3) is 0 Å². The maximum Gasteiger partial charge on any atom is 0.0589 e. The maximum absolute atomic E-state index is 5.13. The third-order valence-corrected chi connectivity index (χ3v) is 3.28. The fraction of sp³-hybridized carbons (Fsp3) is 1.00. The second-order valence-electron chi connectivity index (χ2n) is 4.49. The van der Waals surface area contributed by atoms with Gasteiger partial charge in [-0.05, 0) is 39.2 Å². The van der Waals surface area contributed by atoms with Crippen LogP contribution in [0.4, 0.5) is 0 Å². The van der Waals surface area contributed by atoms with Gasteiger partial charge >= 0.3 is 0 Å². The first-order chi connectivity index (χ1) is 7.11. The standard InChI is InChI=1S/C12H26BrNO/c1-11(2)14(9-10-15-4)8-6-12(3)5-7-13/h11-12H,5-10H2,1-4H3. The van der Waals surface area contributed by atoms with Crippen molar-refractivity contribution < 1.29 is 4.74 Å². The molecule has 0 aliphatic rings. The van der Waals surface area contributed by atoms with Crippen LogP contribution in [0.2, 0.25) is 0 Å². The van der Waals surface area contributed by atoms with Gasteiger partial charge < -0.3 is 4.74 Å². The summed E-state index contributed by atoms with van der Waals surface area (Å²) in [4.78, 5) is 2.49. The van der Waals surface area contributed by atoms with Gasteiger partial charge in [0.15, 0.2) is 0 Å². The molecule has 0 aromatic heterocycles. The monoisotopic (exact) mass is 279 g/mol. The molecule has 1 unspecified atom stereocenters. The smallest absolute Gasteiger partial charge is 0.0589 e. The first-order valence-electron chi connectivity index (χ1n) is 5.90. The lowest BCUT2D eigenvalue weighted by Crippen LogP contribution is -2.35. The van der Waals surface area contributed by atoms with E-state index in [-0.39, 0.29) is 0 Å². The average Bonchev–Trinajstić information content (AvgIpc) is 2.17. The molecule has 92 valence electrons. The highest BCUT2D eigenvalue weighted by atomic mass is 79.9. The number of rotatable bonds is 9. The fourth-order valence-corrected chi connectivity index (χ4v) is 2.34. The van der Waals surface area contributed by atoms with Crippen molar-refractivity contribution in [3.05, 3.63) is 0 Å². The van der Waals surface area contributed by atoms with Crippen molar-refractivity contribution in [2.75, 3.05) is 32.1 Å². The highest BCUT2D eigenvalue weighted by Crippen LogP contribution is 2.11. The summed E-state index contributed by atoms with van der Waals surface area (Å²) in [7, 11) is 1.77. The van der Waals surface area contributed by atoms with Gasteiger partial charge in [0.2, 0.25) is 0 Å². The molecule has 15 heavy (non-hydrogen) atoms. The summed E-state index contributed by atoms with van der Waals surface area (Å²) in [5.74, 6) is 0.813. The van der Waals surface area contributed by atoms with Gasteiger partial charge in [-0.1, -0.05) is 22.9 Å². The van der Waals surface area contributed by atoms with Crippen LogP contribution in [0.3, 0.4) is 0 Å². The number of nitrogens with zero attached hydrogens (tertiary/aromatic N) is 1. The summed E-state index contributed by atoms with van der Waals surface area (Å²) >= 11 is 3.49. The Morgan fingerprint density at radius 2 is 1.80 bits per heavy atom. The van der Waals surface area contributed by atoms with Crippen molar-refractivity contribution in [1.82, 2.24) is 4.90 Å². The molecule has 0 rings (SSSR count). The van der Waals surface area contributed by atoms with Crippen molar-refractivity contribution >= 4 is 15.9 Å². The molecule has 2 nitrogen and oxygen atoms in total. The molecule has 0 aliphatic carbocycles. The third-order valence-electron chi connectivity index (χ3n) is 2.82. The molecule has 0 aromatic rings. The van der Waals surface area contributed by atoms with Gasteiger partial charge in [-0.25, -0.2) is 0 Å². The van der Waals surface area contributed by atoms with Crippen molar-refractivity contribution in [2.24, 2.45) is 5.92 Å². The molecule has 1 atom stereocenters. The van der Waals surface area contributed by atoms with Crippen LogP contribution in [0.1, 0.15) is 33.6 Å². The van der Waals surface area contributed by atoms with Gasteiger partial charge in [0.1, 0.15) is 0 Å². The second kappa shape index (κ2) is 9.61. The molecule has 3 heteroatoms. The molecule has 0 amide bonds. The molecule has 0 saturated carbocycles. The third kappa shape index (κ3) is 8.23. The number of methoxy groups -OCH3 is 1. The molecule has 0 heterocycles. The van der Waals surface area contributed by atoms with Gasteiger partial charge in [-0.15, -0.1) is 0 Å². The molecule has 0 fully saturated rings. The summed E-state index contributed by atoms with van der Waals surface area (Å²) in [5, 5.41) is 1.12. The topological polar surface area (TPSA) is 12.5 Å².